The second kappa shape index (κ2) is 4.54. The maximum atomic E-state index is 4.40. The van der Waals surface area contributed by atoms with E-state index in [0.717, 1.165) is 24.7 Å². The number of pyridine rings is 1. The topological polar surface area (TPSA) is 24.9 Å². The Morgan fingerprint density at radius 3 is 2.62 bits per heavy atom. The molecule has 2 rings (SSSR count). The van der Waals surface area contributed by atoms with Gasteiger partial charge >= 0.3 is 0 Å². The van der Waals surface area contributed by atoms with E-state index in [9.17, 15) is 0 Å². The van der Waals surface area contributed by atoms with Gasteiger partial charge in [-0.05, 0) is 42.7 Å². The Kier molecular flexibility index (Phi) is 3.29. The first-order valence-electron chi connectivity index (χ1n) is 6.25. The summed E-state index contributed by atoms with van der Waals surface area (Å²) in [5.74, 6) is 0.797. The summed E-state index contributed by atoms with van der Waals surface area (Å²) in [6, 6.07) is 4.23. The molecule has 0 amide bonds. The smallest absolute Gasteiger partial charge is 0.0541 e. The SMILES string of the molecule is Cc1ccc(CNCC2(C(C)C)CC2)nc1. The van der Waals surface area contributed by atoms with Gasteiger partial charge in [-0.1, -0.05) is 19.9 Å². The fraction of sp³-hybridized carbons (Fsp3) is 0.643. The van der Waals surface area contributed by atoms with Crippen LogP contribution in [0.2, 0.25) is 0 Å². The Bertz CT molecular complexity index is 336. The van der Waals surface area contributed by atoms with Crippen molar-refractivity contribution in [3.05, 3.63) is 29.6 Å². The Hall–Kier alpha value is -0.890. The Morgan fingerprint density at radius 1 is 1.38 bits per heavy atom. The third-order valence-corrected chi connectivity index (χ3v) is 3.87. The standard InChI is InChI=1S/C14H22N2/c1-11(2)14(6-7-14)10-15-9-13-5-4-12(3)8-16-13/h4-5,8,11,15H,6-7,9-10H2,1-3H3. The molecule has 1 aromatic heterocycles. The molecule has 0 bridgehead atoms. The zero-order valence-electron chi connectivity index (χ0n) is 10.6. The zero-order chi connectivity index (χ0) is 11.6. The van der Waals surface area contributed by atoms with Crippen molar-refractivity contribution in [2.75, 3.05) is 6.54 Å². The van der Waals surface area contributed by atoms with Gasteiger partial charge in [0.15, 0.2) is 0 Å². The van der Waals surface area contributed by atoms with Crippen LogP contribution >= 0.6 is 0 Å². The average molecular weight is 218 g/mol. The van der Waals surface area contributed by atoms with Gasteiger partial charge in [-0.15, -0.1) is 0 Å². The molecule has 16 heavy (non-hydrogen) atoms. The quantitative estimate of drug-likeness (QED) is 0.822. The van der Waals surface area contributed by atoms with Gasteiger partial charge in [-0.2, -0.15) is 0 Å². The van der Waals surface area contributed by atoms with E-state index in [0.29, 0.717) is 5.41 Å². The summed E-state index contributed by atoms with van der Waals surface area (Å²) in [5, 5.41) is 3.54. The van der Waals surface area contributed by atoms with Gasteiger partial charge < -0.3 is 5.32 Å². The lowest BCUT2D eigenvalue weighted by atomic mass is 9.92. The lowest BCUT2D eigenvalue weighted by Gasteiger charge is -2.19. The van der Waals surface area contributed by atoms with Crippen LogP contribution in [0, 0.1) is 18.3 Å². The van der Waals surface area contributed by atoms with Gasteiger partial charge in [0.1, 0.15) is 0 Å². The fourth-order valence-electron chi connectivity index (χ4n) is 2.16. The minimum absolute atomic E-state index is 0.588. The van der Waals surface area contributed by atoms with Gasteiger partial charge in [0.05, 0.1) is 5.69 Å². The Labute approximate surface area is 98.5 Å². The number of nitrogens with one attached hydrogen (secondary N) is 1. The molecule has 88 valence electrons. The number of hydrogen-bond donors (Lipinski definition) is 1. The number of aryl methyl sites for hydroxylation is 1. The summed E-state index contributed by atoms with van der Waals surface area (Å²) < 4.78 is 0. The maximum absolute atomic E-state index is 4.40. The van der Waals surface area contributed by atoms with Crippen molar-refractivity contribution >= 4 is 0 Å². The molecule has 1 N–H and O–H groups in total. The molecule has 0 spiro atoms. The Balaban J connectivity index is 1.78. The van der Waals surface area contributed by atoms with Crippen LogP contribution in [0.1, 0.15) is 37.9 Å². The van der Waals surface area contributed by atoms with Crippen LogP contribution in [-0.2, 0) is 6.54 Å². The van der Waals surface area contributed by atoms with E-state index in [-0.39, 0.29) is 0 Å². The van der Waals surface area contributed by atoms with E-state index in [1.54, 1.807) is 0 Å². The zero-order valence-corrected chi connectivity index (χ0v) is 10.6. The summed E-state index contributed by atoms with van der Waals surface area (Å²) in [7, 11) is 0. The van der Waals surface area contributed by atoms with Crippen molar-refractivity contribution in [1.82, 2.24) is 10.3 Å². The predicted octanol–water partition coefficient (Wildman–Crippen LogP) is 2.92. The molecule has 0 unspecified atom stereocenters. The minimum Gasteiger partial charge on any atom is -0.311 e. The van der Waals surface area contributed by atoms with Crippen molar-refractivity contribution in [2.24, 2.45) is 11.3 Å². The molecule has 0 saturated heterocycles. The van der Waals surface area contributed by atoms with Crippen molar-refractivity contribution in [2.45, 2.75) is 40.2 Å². The van der Waals surface area contributed by atoms with E-state index in [1.165, 1.54) is 18.4 Å². The molecule has 0 aliphatic heterocycles. The van der Waals surface area contributed by atoms with Gasteiger partial charge in [0.25, 0.3) is 0 Å². The van der Waals surface area contributed by atoms with E-state index in [2.05, 4.69) is 43.2 Å². The van der Waals surface area contributed by atoms with Crippen molar-refractivity contribution in [3.8, 4) is 0 Å². The van der Waals surface area contributed by atoms with Crippen LogP contribution in [0.5, 0.6) is 0 Å². The molecular formula is C14H22N2. The second-order valence-corrected chi connectivity index (χ2v) is 5.45. The molecule has 0 atom stereocenters. The first-order chi connectivity index (χ1) is 7.62. The second-order valence-electron chi connectivity index (χ2n) is 5.45. The molecule has 2 heteroatoms. The molecule has 1 saturated carbocycles. The number of aromatic nitrogens is 1. The van der Waals surface area contributed by atoms with Gasteiger partial charge in [-0.25, -0.2) is 0 Å². The maximum Gasteiger partial charge on any atom is 0.0541 e. The predicted molar refractivity (Wildman–Crippen MR) is 67.2 cm³/mol. The lowest BCUT2D eigenvalue weighted by molar-refractivity contribution is 0.337. The van der Waals surface area contributed by atoms with Crippen molar-refractivity contribution in [1.29, 1.82) is 0 Å². The van der Waals surface area contributed by atoms with E-state index < -0.39 is 0 Å². The molecule has 0 aromatic carbocycles. The average Bonchev–Trinajstić information content (AvgIpc) is 3.02. The monoisotopic (exact) mass is 218 g/mol. The van der Waals surface area contributed by atoms with Crippen LogP contribution < -0.4 is 5.32 Å². The van der Waals surface area contributed by atoms with E-state index in [4.69, 9.17) is 0 Å². The van der Waals surface area contributed by atoms with Crippen molar-refractivity contribution in [3.63, 3.8) is 0 Å². The minimum atomic E-state index is 0.588. The molecule has 1 fully saturated rings. The molecule has 1 aliphatic carbocycles. The summed E-state index contributed by atoms with van der Waals surface area (Å²) in [6.45, 7) is 8.77. The first-order valence-corrected chi connectivity index (χ1v) is 6.25. The summed E-state index contributed by atoms with van der Waals surface area (Å²) in [5.41, 5.74) is 2.96. The molecule has 0 radical (unpaired) electrons. The van der Waals surface area contributed by atoms with E-state index in [1.807, 2.05) is 6.20 Å². The molecule has 1 aromatic rings. The molecule has 1 heterocycles. The summed E-state index contributed by atoms with van der Waals surface area (Å²) >= 11 is 0. The number of rotatable bonds is 5. The van der Waals surface area contributed by atoms with Crippen LogP contribution in [0.3, 0.4) is 0 Å². The number of nitrogens with zero attached hydrogens (tertiary/aromatic N) is 1. The van der Waals surface area contributed by atoms with Crippen LogP contribution in [-0.4, -0.2) is 11.5 Å². The lowest BCUT2D eigenvalue weighted by Crippen LogP contribution is -2.27. The highest BCUT2D eigenvalue weighted by Crippen LogP contribution is 2.51. The normalized spacial score (nSPS) is 17.8. The Morgan fingerprint density at radius 2 is 2.12 bits per heavy atom. The number of hydrogen-bond acceptors (Lipinski definition) is 2. The van der Waals surface area contributed by atoms with Crippen LogP contribution in [0.4, 0.5) is 0 Å². The van der Waals surface area contributed by atoms with Crippen molar-refractivity contribution < 1.29 is 0 Å². The van der Waals surface area contributed by atoms with Gasteiger partial charge in [-0.3, -0.25) is 4.98 Å². The highest BCUT2D eigenvalue weighted by molar-refractivity contribution is 5.12. The highest BCUT2D eigenvalue weighted by atomic mass is 14.9. The fourth-order valence-corrected chi connectivity index (χ4v) is 2.16. The third kappa shape index (κ3) is 2.62. The van der Waals surface area contributed by atoms with Crippen LogP contribution in [0.25, 0.3) is 0 Å². The highest BCUT2D eigenvalue weighted by Gasteiger charge is 2.44. The largest absolute Gasteiger partial charge is 0.311 e. The van der Waals surface area contributed by atoms with Gasteiger partial charge in [0, 0.05) is 19.3 Å². The first kappa shape index (κ1) is 11.6. The molecule has 1 aliphatic rings. The van der Waals surface area contributed by atoms with Crippen LogP contribution in [0.15, 0.2) is 18.3 Å². The summed E-state index contributed by atoms with van der Waals surface area (Å²) in [6.07, 6.45) is 4.71. The third-order valence-electron chi connectivity index (χ3n) is 3.87. The molecular weight excluding hydrogens is 196 g/mol. The summed E-state index contributed by atoms with van der Waals surface area (Å²) in [4.78, 5) is 4.40. The molecule has 2 nitrogen and oxygen atoms in total. The van der Waals surface area contributed by atoms with E-state index >= 15 is 0 Å². The van der Waals surface area contributed by atoms with Gasteiger partial charge in [0.2, 0.25) is 0 Å².